The molecule has 1 aromatic rings. The second-order valence-corrected chi connectivity index (χ2v) is 6.89. The van der Waals surface area contributed by atoms with E-state index in [-0.39, 0.29) is 5.60 Å². The Morgan fingerprint density at radius 3 is 2.75 bits per heavy atom. The molecule has 0 saturated heterocycles. The second-order valence-electron chi connectivity index (χ2n) is 5.97. The molecule has 0 amide bonds. The van der Waals surface area contributed by atoms with Gasteiger partial charge in [-0.25, -0.2) is 0 Å². The van der Waals surface area contributed by atoms with Crippen LogP contribution < -0.4 is 10.1 Å². The molecule has 0 spiro atoms. The van der Waals surface area contributed by atoms with Gasteiger partial charge in [0.05, 0.1) is 12.2 Å². The molecule has 3 nitrogen and oxygen atoms in total. The summed E-state index contributed by atoms with van der Waals surface area (Å²) in [5.74, 6) is 0.966. The first kappa shape index (κ1) is 15.8. The van der Waals surface area contributed by atoms with Gasteiger partial charge >= 0.3 is 0 Å². The van der Waals surface area contributed by atoms with Crippen molar-refractivity contribution in [2.24, 2.45) is 0 Å². The highest BCUT2D eigenvalue weighted by atomic mass is 79.9. The van der Waals surface area contributed by atoms with Gasteiger partial charge < -0.3 is 14.8 Å². The third kappa shape index (κ3) is 5.08. The number of nitrogens with one attached hydrogen (secondary N) is 1. The number of hydrogen-bond acceptors (Lipinski definition) is 3. The Morgan fingerprint density at radius 1 is 1.35 bits per heavy atom. The highest BCUT2D eigenvalue weighted by molar-refractivity contribution is 9.10. The molecule has 0 atom stereocenters. The molecule has 1 N–H and O–H groups in total. The quantitative estimate of drug-likeness (QED) is 0.777. The van der Waals surface area contributed by atoms with Gasteiger partial charge in [-0.1, -0.05) is 15.9 Å². The second kappa shape index (κ2) is 6.92. The lowest BCUT2D eigenvalue weighted by Crippen LogP contribution is -2.25. The fraction of sp³-hybridized carbons (Fsp3) is 0.625. The average Bonchev–Trinajstić information content (AvgIpc) is 3.22. The van der Waals surface area contributed by atoms with E-state index in [2.05, 4.69) is 41.2 Å². The molecular formula is C16H24BrNO2. The summed E-state index contributed by atoms with van der Waals surface area (Å²) in [6.07, 6.45) is 3.47. The number of halogens is 1. The van der Waals surface area contributed by atoms with Crippen molar-refractivity contribution in [1.29, 1.82) is 0 Å². The number of rotatable bonds is 8. The Hall–Kier alpha value is -0.580. The van der Waals surface area contributed by atoms with Crippen LogP contribution in [0.1, 0.15) is 38.7 Å². The van der Waals surface area contributed by atoms with Crippen LogP contribution in [0, 0.1) is 0 Å². The van der Waals surface area contributed by atoms with Crippen molar-refractivity contribution < 1.29 is 9.47 Å². The zero-order valence-corrected chi connectivity index (χ0v) is 14.1. The summed E-state index contributed by atoms with van der Waals surface area (Å²) in [7, 11) is 1.74. The van der Waals surface area contributed by atoms with Crippen molar-refractivity contribution in [3.63, 3.8) is 0 Å². The summed E-state index contributed by atoms with van der Waals surface area (Å²) in [6.45, 7) is 5.69. The minimum atomic E-state index is -0.137. The number of ether oxygens (including phenoxy) is 2. The normalized spacial score (nSPS) is 15.4. The highest BCUT2D eigenvalue weighted by Crippen LogP contribution is 2.26. The van der Waals surface area contributed by atoms with Crippen LogP contribution in [0.2, 0.25) is 0 Å². The van der Waals surface area contributed by atoms with Crippen molar-refractivity contribution in [3.8, 4) is 5.75 Å². The van der Waals surface area contributed by atoms with E-state index in [1.54, 1.807) is 7.11 Å². The third-order valence-electron chi connectivity index (χ3n) is 3.70. The van der Waals surface area contributed by atoms with Crippen LogP contribution in [0.25, 0.3) is 0 Å². The van der Waals surface area contributed by atoms with Crippen molar-refractivity contribution >= 4 is 15.9 Å². The van der Waals surface area contributed by atoms with Crippen LogP contribution in [0.15, 0.2) is 22.7 Å². The molecule has 1 saturated carbocycles. The fourth-order valence-electron chi connectivity index (χ4n) is 1.88. The van der Waals surface area contributed by atoms with Gasteiger partial charge in [0, 0.05) is 36.2 Å². The smallest absolute Gasteiger partial charge is 0.123 e. The summed E-state index contributed by atoms with van der Waals surface area (Å²) in [5.41, 5.74) is 1.07. The molecule has 20 heavy (non-hydrogen) atoms. The van der Waals surface area contributed by atoms with Crippen LogP contribution in [0.4, 0.5) is 0 Å². The van der Waals surface area contributed by atoms with Gasteiger partial charge in [0.2, 0.25) is 0 Å². The van der Waals surface area contributed by atoms with E-state index < -0.39 is 0 Å². The number of methoxy groups -OCH3 is 1. The van der Waals surface area contributed by atoms with E-state index in [9.17, 15) is 0 Å². The molecule has 0 aliphatic heterocycles. The molecule has 0 radical (unpaired) electrons. The molecule has 112 valence electrons. The molecule has 1 aliphatic rings. The highest BCUT2D eigenvalue weighted by Gasteiger charge is 2.21. The Labute approximate surface area is 130 Å². The van der Waals surface area contributed by atoms with Crippen molar-refractivity contribution in [3.05, 3.63) is 28.2 Å². The van der Waals surface area contributed by atoms with Gasteiger partial charge in [0.25, 0.3) is 0 Å². The summed E-state index contributed by atoms with van der Waals surface area (Å²) >= 11 is 3.53. The molecule has 0 unspecified atom stereocenters. The Kier molecular flexibility index (Phi) is 5.47. The summed E-state index contributed by atoms with van der Waals surface area (Å²) in [4.78, 5) is 0. The van der Waals surface area contributed by atoms with E-state index in [4.69, 9.17) is 9.47 Å². The SMILES string of the molecule is COC(C)(C)CCOc1ccc(Br)cc1CNC1CC1. The number of hydrogen-bond donors (Lipinski definition) is 1. The zero-order valence-electron chi connectivity index (χ0n) is 12.5. The summed E-state index contributed by atoms with van der Waals surface area (Å²) in [5, 5.41) is 3.53. The molecule has 0 heterocycles. The molecule has 1 aliphatic carbocycles. The Balaban J connectivity index is 1.91. The van der Waals surface area contributed by atoms with Crippen LogP contribution >= 0.6 is 15.9 Å². The van der Waals surface area contributed by atoms with Gasteiger partial charge in [-0.15, -0.1) is 0 Å². The standard InChI is InChI=1S/C16H24BrNO2/c1-16(2,19-3)8-9-20-15-7-4-13(17)10-12(15)11-18-14-5-6-14/h4,7,10,14,18H,5-6,8-9,11H2,1-3H3. The first-order valence-corrected chi connectivity index (χ1v) is 7.99. The predicted octanol–water partition coefficient (Wildman–Crippen LogP) is 3.90. The molecule has 1 fully saturated rings. The van der Waals surface area contributed by atoms with Gasteiger partial charge in [-0.3, -0.25) is 0 Å². The molecule has 4 heteroatoms. The minimum absolute atomic E-state index is 0.137. The van der Waals surface area contributed by atoms with E-state index in [1.807, 2.05) is 12.1 Å². The Bertz CT molecular complexity index is 444. The van der Waals surface area contributed by atoms with E-state index >= 15 is 0 Å². The number of benzene rings is 1. The first-order valence-electron chi connectivity index (χ1n) is 7.20. The monoisotopic (exact) mass is 341 g/mol. The lowest BCUT2D eigenvalue weighted by molar-refractivity contribution is 0.00537. The maximum atomic E-state index is 5.94. The maximum Gasteiger partial charge on any atom is 0.123 e. The largest absolute Gasteiger partial charge is 0.493 e. The predicted molar refractivity (Wildman–Crippen MR) is 85.2 cm³/mol. The van der Waals surface area contributed by atoms with Gasteiger partial charge in [0.15, 0.2) is 0 Å². The van der Waals surface area contributed by atoms with Crippen LogP contribution in [-0.4, -0.2) is 25.4 Å². The molecule has 0 aromatic heterocycles. The molecule has 2 rings (SSSR count). The van der Waals surface area contributed by atoms with E-state index in [0.29, 0.717) is 12.6 Å². The lowest BCUT2D eigenvalue weighted by Gasteiger charge is -2.23. The van der Waals surface area contributed by atoms with Gasteiger partial charge in [-0.2, -0.15) is 0 Å². The topological polar surface area (TPSA) is 30.5 Å². The van der Waals surface area contributed by atoms with Crippen molar-refractivity contribution in [1.82, 2.24) is 5.32 Å². The van der Waals surface area contributed by atoms with E-state index in [0.717, 1.165) is 23.2 Å². The minimum Gasteiger partial charge on any atom is -0.493 e. The third-order valence-corrected chi connectivity index (χ3v) is 4.19. The zero-order chi connectivity index (χ0) is 14.6. The Morgan fingerprint density at radius 2 is 2.10 bits per heavy atom. The first-order chi connectivity index (χ1) is 9.50. The van der Waals surface area contributed by atoms with E-state index in [1.165, 1.54) is 18.4 Å². The summed E-state index contributed by atoms with van der Waals surface area (Å²) in [6, 6.07) is 6.89. The lowest BCUT2D eigenvalue weighted by atomic mass is 10.1. The maximum absolute atomic E-state index is 5.94. The van der Waals surface area contributed by atoms with Crippen LogP contribution in [0.5, 0.6) is 5.75 Å². The van der Waals surface area contributed by atoms with Gasteiger partial charge in [0.1, 0.15) is 5.75 Å². The molecule has 1 aromatic carbocycles. The van der Waals surface area contributed by atoms with Gasteiger partial charge in [-0.05, 0) is 44.9 Å². The van der Waals surface area contributed by atoms with Crippen molar-refractivity contribution in [2.75, 3.05) is 13.7 Å². The molecular weight excluding hydrogens is 318 g/mol. The fourth-order valence-corrected chi connectivity index (χ4v) is 2.29. The molecule has 0 bridgehead atoms. The van der Waals surface area contributed by atoms with Crippen molar-refractivity contribution in [2.45, 2.75) is 51.3 Å². The summed E-state index contributed by atoms with van der Waals surface area (Å²) < 4.78 is 12.4. The van der Waals surface area contributed by atoms with Crippen LogP contribution in [0.3, 0.4) is 0 Å². The van der Waals surface area contributed by atoms with Crippen LogP contribution in [-0.2, 0) is 11.3 Å². The average molecular weight is 342 g/mol.